The molecule has 2 aromatic carbocycles. The number of halogens is 2. The molecule has 0 atom stereocenters. The van der Waals surface area contributed by atoms with E-state index in [1.165, 1.54) is 42.5 Å². The number of carbonyl (C=O) groups is 4. The first-order chi connectivity index (χ1) is 13.7. The first-order valence-corrected chi connectivity index (χ1v) is 9.65. The highest BCUT2D eigenvalue weighted by Crippen LogP contribution is 2.32. The number of nitrogens with one attached hydrogen (secondary N) is 1. The number of hydrogen-bond donors (Lipinski definition) is 2. The quantitative estimate of drug-likeness (QED) is 0.655. The summed E-state index contributed by atoms with van der Waals surface area (Å²) in [5.74, 6) is -2.24. The van der Waals surface area contributed by atoms with Gasteiger partial charge in [-0.3, -0.25) is 19.3 Å². The fourth-order valence-corrected chi connectivity index (χ4v) is 3.56. The van der Waals surface area contributed by atoms with Crippen LogP contribution >= 0.6 is 35.0 Å². The number of aromatic carboxylic acids is 1. The first-order valence-electron chi connectivity index (χ1n) is 8.08. The normalized spacial score (nSPS) is 15.1. The lowest BCUT2D eigenvalue weighted by Gasteiger charge is -2.12. The Bertz CT molecular complexity index is 1050. The highest BCUT2D eigenvalue weighted by molar-refractivity contribution is 8.18. The van der Waals surface area contributed by atoms with Gasteiger partial charge in [0.2, 0.25) is 5.91 Å². The molecule has 1 saturated heterocycles. The Balaban J connectivity index is 1.68. The van der Waals surface area contributed by atoms with Crippen LogP contribution in [0.1, 0.15) is 15.9 Å². The summed E-state index contributed by atoms with van der Waals surface area (Å²) < 4.78 is 0. The maximum atomic E-state index is 12.5. The topological polar surface area (TPSA) is 104 Å². The highest BCUT2D eigenvalue weighted by atomic mass is 35.5. The average molecular weight is 451 g/mol. The van der Waals surface area contributed by atoms with E-state index in [-0.39, 0.29) is 15.5 Å². The van der Waals surface area contributed by atoms with Crippen molar-refractivity contribution >= 4 is 69.8 Å². The molecule has 1 heterocycles. The van der Waals surface area contributed by atoms with Crippen LogP contribution in [0, 0.1) is 0 Å². The molecule has 1 aliphatic heterocycles. The van der Waals surface area contributed by atoms with Crippen LogP contribution in [0.2, 0.25) is 10.0 Å². The largest absolute Gasteiger partial charge is 0.478 e. The Morgan fingerprint density at radius 3 is 2.38 bits per heavy atom. The third kappa shape index (κ3) is 4.97. The summed E-state index contributed by atoms with van der Waals surface area (Å²) in [4.78, 5) is 48.7. The molecule has 29 heavy (non-hydrogen) atoms. The lowest BCUT2D eigenvalue weighted by Crippen LogP contribution is -2.36. The van der Waals surface area contributed by atoms with Crippen molar-refractivity contribution in [3.05, 3.63) is 68.5 Å². The van der Waals surface area contributed by atoms with E-state index in [1.807, 2.05) is 0 Å². The number of carbonyl (C=O) groups excluding carboxylic acids is 3. The smallest absolute Gasteiger partial charge is 0.335 e. The van der Waals surface area contributed by atoms with Gasteiger partial charge in [0.15, 0.2) is 0 Å². The molecular weight excluding hydrogens is 439 g/mol. The van der Waals surface area contributed by atoms with E-state index in [0.717, 1.165) is 4.90 Å². The molecule has 1 fully saturated rings. The fraction of sp³-hybridized carbons (Fsp3) is 0.0526. The number of imide groups is 1. The summed E-state index contributed by atoms with van der Waals surface area (Å²) >= 11 is 12.4. The Labute approximate surface area is 179 Å². The number of rotatable bonds is 5. The summed E-state index contributed by atoms with van der Waals surface area (Å²) in [6.45, 7) is -0.458. The van der Waals surface area contributed by atoms with Gasteiger partial charge in [-0.15, -0.1) is 0 Å². The summed E-state index contributed by atoms with van der Waals surface area (Å²) in [6, 6.07) is 10.3. The van der Waals surface area contributed by atoms with Crippen molar-refractivity contribution in [2.45, 2.75) is 0 Å². The van der Waals surface area contributed by atoms with Gasteiger partial charge in [0, 0.05) is 5.69 Å². The zero-order valence-electron chi connectivity index (χ0n) is 14.5. The second kappa shape index (κ2) is 8.69. The Hall–Kier alpha value is -2.81. The molecule has 0 saturated carbocycles. The molecule has 10 heteroatoms. The number of nitrogens with zero attached hydrogens (tertiary/aromatic N) is 1. The van der Waals surface area contributed by atoms with E-state index in [2.05, 4.69) is 5.32 Å². The van der Waals surface area contributed by atoms with E-state index in [0.29, 0.717) is 28.0 Å². The molecular formula is C19H12Cl2N2O5S. The second-order valence-corrected chi connectivity index (χ2v) is 7.68. The minimum atomic E-state index is -1.06. The number of carboxylic acid groups (broad SMARTS) is 1. The van der Waals surface area contributed by atoms with Gasteiger partial charge >= 0.3 is 5.97 Å². The van der Waals surface area contributed by atoms with E-state index in [9.17, 15) is 19.2 Å². The van der Waals surface area contributed by atoms with Crippen LogP contribution < -0.4 is 5.32 Å². The molecule has 0 aromatic heterocycles. The summed E-state index contributed by atoms with van der Waals surface area (Å²) in [5, 5.41) is 11.5. The summed E-state index contributed by atoms with van der Waals surface area (Å²) in [7, 11) is 0. The molecule has 0 unspecified atom stereocenters. The van der Waals surface area contributed by atoms with Crippen molar-refractivity contribution in [3.8, 4) is 0 Å². The Morgan fingerprint density at radius 2 is 1.76 bits per heavy atom. The molecule has 3 amide bonds. The van der Waals surface area contributed by atoms with Crippen molar-refractivity contribution in [1.29, 1.82) is 0 Å². The lowest BCUT2D eigenvalue weighted by molar-refractivity contribution is -0.127. The number of anilines is 1. The predicted molar refractivity (Wildman–Crippen MR) is 111 cm³/mol. The molecule has 2 N–H and O–H groups in total. The van der Waals surface area contributed by atoms with Gasteiger partial charge < -0.3 is 10.4 Å². The third-order valence-electron chi connectivity index (χ3n) is 3.83. The van der Waals surface area contributed by atoms with Crippen LogP contribution in [0.25, 0.3) is 6.08 Å². The molecule has 3 rings (SSSR count). The number of hydrogen-bond acceptors (Lipinski definition) is 5. The molecule has 0 bridgehead atoms. The Morgan fingerprint density at radius 1 is 1.07 bits per heavy atom. The van der Waals surface area contributed by atoms with Crippen LogP contribution in [-0.2, 0) is 9.59 Å². The number of thioether (sulfide) groups is 1. The van der Waals surface area contributed by atoms with E-state index in [1.54, 1.807) is 6.07 Å². The van der Waals surface area contributed by atoms with Crippen molar-refractivity contribution in [2.75, 3.05) is 11.9 Å². The lowest BCUT2D eigenvalue weighted by atomic mass is 10.1. The molecule has 0 aliphatic carbocycles. The molecule has 0 spiro atoms. The SMILES string of the molecule is O=C(CN1C(=O)S/C(=C/c2ccc(C(=O)O)cc2)C1=O)Nc1ccc(Cl)c(Cl)c1. The van der Waals surface area contributed by atoms with E-state index in [4.69, 9.17) is 28.3 Å². The minimum absolute atomic E-state index is 0.106. The van der Waals surface area contributed by atoms with Gasteiger partial charge in [-0.1, -0.05) is 35.3 Å². The van der Waals surface area contributed by atoms with Gasteiger partial charge in [0.05, 0.1) is 20.5 Å². The van der Waals surface area contributed by atoms with Gasteiger partial charge in [0.25, 0.3) is 11.1 Å². The number of carboxylic acids is 1. The predicted octanol–water partition coefficient (Wildman–Crippen LogP) is 4.37. The standard InChI is InChI=1S/C19H12Cl2N2O5S/c20-13-6-5-12(8-14(13)21)22-16(24)9-23-17(25)15(29-19(23)28)7-10-1-3-11(4-2-10)18(26)27/h1-8H,9H2,(H,22,24)(H,26,27)/b15-7+. The minimum Gasteiger partial charge on any atom is -0.478 e. The molecule has 0 radical (unpaired) electrons. The number of benzene rings is 2. The third-order valence-corrected chi connectivity index (χ3v) is 5.48. The van der Waals surface area contributed by atoms with Crippen molar-refractivity contribution in [1.82, 2.24) is 4.90 Å². The highest BCUT2D eigenvalue weighted by Gasteiger charge is 2.36. The summed E-state index contributed by atoms with van der Waals surface area (Å²) in [5.41, 5.74) is 1.04. The average Bonchev–Trinajstić information content (AvgIpc) is 2.92. The molecule has 7 nitrogen and oxygen atoms in total. The van der Waals surface area contributed by atoms with Crippen LogP contribution in [0.5, 0.6) is 0 Å². The van der Waals surface area contributed by atoms with Crippen LogP contribution in [-0.4, -0.2) is 39.6 Å². The van der Waals surface area contributed by atoms with Crippen LogP contribution in [0.4, 0.5) is 10.5 Å². The zero-order chi connectivity index (χ0) is 21.1. The Kier molecular flexibility index (Phi) is 6.26. The van der Waals surface area contributed by atoms with Gasteiger partial charge in [-0.05, 0) is 53.7 Å². The van der Waals surface area contributed by atoms with Crippen molar-refractivity contribution in [2.24, 2.45) is 0 Å². The van der Waals surface area contributed by atoms with E-state index >= 15 is 0 Å². The van der Waals surface area contributed by atoms with Gasteiger partial charge in [-0.2, -0.15) is 0 Å². The van der Waals surface area contributed by atoms with Crippen LogP contribution in [0.15, 0.2) is 47.4 Å². The maximum absolute atomic E-state index is 12.5. The molecule has 1 aliphatic rings. The monoisotopic (exact) mass is 450 g/mol. The molecule has 2 aromatic rings. The van der Waals surface area contributed by atoms with Crippen LogP contribution in [0.3, 0.4) is 0 Å². The zero-order valence-corrected chi connectivity index (χ0v) is 16.8. The van der Waals surface area contributed by atoms with Crippen molar-refractivity contribution < 1.29 is 24.3 Å². The van der Waals surface area contributed by atoms with Gasteiger partial charge in [0.1, 0.15) is 6.54 Å². The molecule has 148 valence electrons. The first kappa shape index (κ1) is 20.9. The fourth-order valence-electron chi connectivity index (χ4n) is 2.43. The van der Waals surface area contributed by atoms with Crippen molar-refractivity contribution in [3.63, 3.8) is 0 Å². The summed E-state index contributed by atoms with van der Waals surface area (Å²) in [6.07, 6.45) is 1.47. The van der Waals surface area contributed by atoms with E-state index < -0.39 is 29.6 Å². The van der Waals surface area contributed by atoms with Gasteiger partial charge in [-0.25, -0.2) is 4.79 Å². The maximum Gasteiger partial charge on any atom is 0.335 e. The number of amides is 3. The second-order valence-electron chi connectivity index (χ2n) is 5.87.